The minimum Gasteiger partial charge on any atom is -0.345 e. The number of amides is 2. The number of carbonyl (C=O) groups excluding carboxylic acids is 2. The predicted molar refractivity (Wildman–Crippen MR) is 96.9 cm³/mol. The smallest absolute Gasteiger partial charge is 0.313 e. The Morgan fingerprint density at radius 3 is 2.56 bits per heavy atom. The molecule has 2 N–H and O–H groups in total. The monoisotopic (exact) mass is 337 g/mol. The van der Waals surface area contributed by atoms with Crippen LogP contribution in [0.3, 0.4) is 0 Å². The topological polar surface area (TPSA) is 71.1 Å². The Hall–Kier alpha value is -2.69. The van der Waals surface area contributed by atoms with Crippen LogP contribution in [0.4, 0.5) is 5.69 Å². The van der Waals surface area contributed by atoms with Crippen molar-refractivity contribution in [2.75, 3.05) is 5.32 Å². The van der Waals surface area contributed by atoms with E-state index in [-0.39, 0.29) is 6.04 Å². The van der Waals surface area contributed by atoms with Crippen molar-refractivity contribution < 1.29 is 9.59 Å². The van der Waals surface area contributed by atoms with E-state index in [0.717, 1.165) is 25.7 Å². The summed E-state index contributed by atoms with van der Waals surface area (Å²) >= 11 is 0. The van der Waals surface area contributed by atoms with Gasteiger partial charge in [0.25, 0.3) is 0 Å². The third-order valence-electron chi connectivity index (χ3n) is 4.69. The molecule has 1 heterocycles. The molecule has 1 saturated carbocycles. The van der Waals surface area contributed by atoms with Crippen LogP contribution >= 0.6 is 0 Å². The number of nitrogens with zero attached hydrogens (tertiary/aromatic N) is 1. The van der Waals surface area contributed by atoms with Gasteiger partial charge in [-0.1, -0.05) is 43.2 Å². The van der Waals surface area contributed by atoms with Gasteiger partial charge in [-0.3, -0.25) is 14.6 Å². The molecule has 25 heavy (non-hydrogen) atoms. The lowest BCUT2D eigenvalue weighted by Gasteiger charge is -2.32. The Labute approximate surface area is 147 Å². The van der Waals surface area contributed by atoms with E-state index in [2.05, 4.69) is 27.8 Å². The molecule has 1 aliphatic rings. The second-order valence-corrected chi connectivity index (χ2v) is 6.51. The second kappa shape index (κ2) is 8.42. The van der Waals surface area contributed by atoms with E-state index >= 15 is 0 Å². The van der Waals surface area contributed by atoms with Gasteiger partial charge in [0.2, 0.25) is 0 Å². The average molecular weight is 337 g/mol. The number of benzene rings is 1. The van der Waals surface area contributed by atoms with Crippen LogP contribution in [0.15, 0.2) is 54.9 Å². The van der Waals surface area contributed by atoms with Gasteiger partial charge in [-0.05, 0) is 42.9 Å². The van der Waals surface area contributed by atoms with Crippen molar-refractivity contribution >= 4 is 17.5 Å². The number of carbonyl (C=O) groups is 2. The molecule has 130 valence electrons. The molecule has 0 bridgehead atoms. The fourth-order valence-corrected chi connectivity index (χ4v) is 3.42. The van der Waals surface area contributed by atoms with E-state index < -0.39 is 11.8 Å². The van der Waals surface area contributed by atoms with Crippen LogP contribution < -0.4 is 10.6 Å². The highest BCUT2D eigenvalue weighted by atomic mass is 16.2. The Balaban J connectivity index is 1.59. The van der Waals surface area contributed by atoms with E-state index in [1.807, 2.05) is 18.2 Å². The first kappa shape index (κ1) is 17.1. The number of hydrogen-bond acceptors (Lipinski definition) is 3. The Bertz CT molecular complexity index is 703. The van der Waals surface area contributed by atoms with Gasteiger partial charge in [0.05, 0.1) is 11.9 Å². The van der Waals surface area contributed by atoms with Gasteiger partial charge in [-0.15, -0.1) is 0 Å². The summed E-state index contributed by atoms with van der Waals surface area (Å²) in [7, 11) is 0. The van der Waals surface area contributed by atoms with Crippen molar-refractivity contribution in [1.29, 1.82) is 0 Å². The first-order valence-electron chi connectivity index (χ1n) is 8.78. The van der Waals surface area contributed by atoms with Crippen LogP contribution in [-0.4, -0.2) is 22.8 Å². The third kappa shape index (κ3) is 4.89. The zero-order valence-electron chi connectivity index (χ0n) is 14.2. The van der Waals surface area contributed by atoms with E-state index in [1.54, 1.807) is 18.3 Å². The highest BCUT2D eigenvalue weighted by molar-refractivity contribution is 6.39. The van der Waals surface area contributed by atoms with Gasteiger partial charge in [-0.2, -0.15) is 0 Å². The molecule has 1 aromatic carbocycles. The molecule has 2 amide bonds. The highest BCUT2D eigenvalue weighted by Gasteiger charge is 2.28. The van der Waals surface area contributed by atoms with Gasteiger partial charge >= 0.3 is 11.8 Å². The number of aromatic nitrogens is 1. The number of hydrogen-bond donors (Lipinski definition) is 2. The molecule has 1 aromatic heterocycles. The maximum Gasteiger partial charge on any atom is 0.313 e. The zero-order valence-corrected chi connectivity index (χ0v) is 14.2. The molecule has 1 aliphatic carbocycles. The van der Waals surface area contributed by atoms with Crippen LogP contribution in [0.2, 0.25) is 0 Å². The number of anilines is 1. The SMILES string of the molecule is O=C(Nc1cccnc1)C(=O)N[C@H]1CCCC[C@@H]1Cc1ccccc1. The third-order valence-corrected chi connectivity index (χ3v) is 4.69. The lowest BCUT2D eigenvalue weighted by atomic mass is 9.80. The van der Waals surface area contributed by atoms with Crippen molar-refractivity contribution in [2.24, 2.45) is 5.92 Å². The summed E-state index contributed by atoms with van der Waals surface area (Å²) < 4.78 is 0. The number of rotatable bonds is 4. The van der Waals surface area contributed by atoms with Crippen molar-refractivity contribution in [1.82, 2.24) is 10.3 Å². The lowest BCUT2D eigenvalue weighted by molar-refractivity contribution is -0.137. The second-order valence-electron chi connectivity index (χ2n) is 6.51. The van der Waals surface area contributed by atoms with Crippen molar-refractivity contribution in [2.45, 2.75) is 38.1 Å². The Morgan fingerprint density at radius 2 is 1.80 bits per heavy atom. The van der Waals surface area contributed by atoms with Gasteiger partial charge in [0, 0.05) is 12.2 Å². The maximum absolute atomic E-state index is 12.3. The van der Waals surface area contributed by atoms with Crippen LogP contribution in [0.5, 0.6) is 0 Å². The van der Waals surface area contributed by atoms with Crippen molar-refractivity contribution in [3.63, 3.8) is 0 Å². The normalized spacial score (nSPS) is 19.8. The summed E-state index contributed by atoms with van der Waals surface area (Å²) in [5.74, 6) is -0.850. The minimum atomic E-state index is -0.642. The molecular formula is C20H23N3O2. The van der Waals surface area contributed by atoms with Crippen LogP contribution in [0, 0.1) is 5.92 Å². The molecule has 0 aliphatic heterocycles. The van der Waals surface area contributed by atoms with Gasteiger partial charge in [0.1, 0.15) is 0 Å². The molecular weight excluding hydrogens is 314 g/mol. The molecule has 5 heteroatoms. The van der Waals surface area contributed by atoms with Gasteiger partial charge in [-0.25, -0.2) is 0 Å². The van der Waals surface area contributed by atoms with Crippen LogP contribution in [0.25, 0.3) is 0 Å². The van der Waals surface area contributed by atoms with Gasteiger partial charge < -0.3 is 10.6 Å². The van der Waals surface area contributed by atoms with E-state index in [1.165, 1.54) is 18.2 Å². The zero-order chi connectivity index (χ0) is 17.5. The minimum absolute atomic E-state index is 0.0427. The summed E-state index contributed by atoms with van der Waals surface area (Å²) in [5, 5.41) is 5.52. The van der Waals surface area contributed by atoms with Crippen LogP contribution in [0.1, 0.15) is 31.2 Å². The molecule has 0 saturated heterocycles. The summed E-state index contributed by atoms with van der Waals surface area (Å²) in [4.78, 5) is 28.3. The fourth-order valence-electron chi connectivity index (χ4n) is 3.42. The first-order chi connectivity index (χ1) is 12.2. The Kier molecular flexibility index (Phi) is 5.77. The molecule has 0 unspecified atom stereocenters. The summed E-state index contributed by atoms with van der Waals surface area (Å²) in [5.41, 5.74) is 1.79. The largest absolute Gasteiger partial charge is 0.345 e. The number of pyridine rings is 1. The molecule has 2 atom stereocenters. The molecule has 3 rings (SSSR count). The van der Waals surface area contributed by atoms with Crippen molar-refractivity contribution in [3.8, 4) is 0 Å². The van der Waals surface area contributed by atoms with E-state index in [9.17, 15) is 9.59 Å². The Morgan fingerprint density at radius 1 is 1.00 bits per heavy atom. The molecule has 0 spiro atoms. The lowest BCUT2D eigenvalue weighted by Crippen LogP contribution is -2.47. The first-order valence-corrected chi connectivity index (χ1v) is 8.78. The van der Waals surface area contributed by atoms with E-state index in [4.69, 9.17) is 0 Å². The van der Waals surface area contributed by atoms with Crippen LogP contribution in [-0.2, 0) is 16.0 Å². The quantitative estimate of drug-likeness (QED) is 0.843. The molecule has 0 radical (unpaired) electrons. The highest BCUT2D eigenvalue weighted by Crippen LogP contribution is 2.27. The number of nitrogens with one attached hydrogen (secondary N) is 2. The standard InChI is InChI=1S/C20H23N3O2/c24-19(22-17-10-6-12-21-14-17)20(25)23-18-11-5-4-9-16(18)13-15-7-2-1-3-8-15/h1-3,6-8,10,12,14,16,18H,4-5,9,11,13H2,(H,22,24)(H,23,25)/t16-,18+/m1/s1. The fraction of sp³-hybridized carbons (Fsp3) is 0.350. The summed E-state index contributed by atoms with van der Waals surface area (Å²) in [6, 6.07) is 13.8. The average Bonchev–Trinajstić information content (AvgIpc) is 2.65. The van der Waals surface area contributed by atoms with E-state index in [0.29, 0.717) is 11.6 Å². The summed E-state index contributed by atoms with van der Waals surface area (Å²) in [6.45, 7) is 0. The van der Waals surface area contributed by atoms with Gasteiger partial charge in [0.15, 0.2) is 0 Å². The summed E-state index contributed by atoms with van der Waals surface area (Å²) in [6.07, 6.45) is 8.31. The molecule has 1 fully saturated rings. The molecule has 2 aromatic rings. The predicted octanol–water partition coefficient (Wildman–Crippen LogP) is 2.94. The maximum atomic E-state index is 12.3. The molecule has 5 nitrogen and oxygen atoms in total. The van der Waals surface area contributed by atoms with Crippen molar-refractivity contribution in [3.05, 3.63) is 60.4 Å².